The van der Waals surface area contributed by atoms with Crippen molar-refractivity contribution < 1.29 is 4.42 Å². The molecule has 0 unspecified atom stereocenters. The third-order valence-electron chi connectivity index (χ3n) is 1.39. The van der Waals surface area contributed by atoms with Gasteiger partial charge in [0, 0.05) is 12.3 Å². The van der Waals surface area contributed by atoms with Gasteiger partial charge in [0.05, 0.1) is 28.6 Å². The molecule has 0 saturated heterocycles. The molecular weight excluding hydrogens is 243 g/mol. The Morgan fingerprint density at radius 2 is 2.40 bits per heavy atom. The van der Waals surface area contributed by atoms with Crippen molar-refractivity contribution in [2.45, 2.75) is 0 Å². The van der Waals surface area contributed by atoms with Crippen molar-refractivity contribution in [3.8, 4) is 0 Å². The zero-order chi connectivity index (χ0) is 7.14. The molecule has 52 valence electrons. The van der Waals surface area contributed by atoms with Crippen LogP contribution in [0.1, 0.15) is 0 Å². The molecule has 0 spiro atoms. The Morgan fingerprint density at radius 1 is 1.60 bits per heavy atom. The molecule has 0 saturated carbocycles. The summed E-state index contributed by atoms with van der Waals surface area (Å²) in [5.74, 6) is 0. The van der Waals surface area contributed by atoms with Crippen molar-refractivity contribution in [3.63, 3.8) is 0 Å². The van der Waals surface area contributed by atoms with E-state index in [1.54, 1.807) is 6.26 Å². The summed E-state index contributed by atoms with van der Waals surface area (Å²) >= 11 is 2.15. The van der Waals surface area contributed by atoms with Crippen molar-refractivity contribution in [1.29, 1.82) is 0 Å². The number of halogens is 1. The summed E-state index contributed by atoms with van der Waals surface area (Å²) in [5, 5.41) is 0. The fraction of sp³-hybridized carbons (Fsp3) is 0. The highest BCUT2D eigenvalue weighted by Gasteiger charge is 2.05. The Bertz CT molecular complexity index is 331. The van der Waals surface area contributed by atoms with Crippen LogP contribution in [0.15, 0.2) is 22.9 Å². The first-order valence-electron chi connectivity index (χ1n) is 2.79. The summed E-state index contributed by atoms with van der Waals surface area (Å²) in [4.78, 5) is 0. The maximum absolute atomic E-state index is 5.60. The summed E-state index contributed by atoms with van der Waals surface area (Å²) in [6, 6.07) is 1.89. The van der Waals surface area contributed by atoms with E-state index in [1.165, 1.54) is 0 Å². The summed E-state index contributed by atoms with van der Waals surface area (Å²) in [5.41, 5.74) is 8.09. The van der Waals surface area contributed by atoms with Crippen LogP contribution in [0.3, 0.4) is 0 Å². The Balaban J connectivity index is 2.98. The lowest BCUT2D eigenvalue weighted by Crippen LogP contribution is -1.82. The zero-order valence-corrected chi connectivity index (χ0v) is 7.20. The van der Waals surface area contributed by atoms with Crippen molar-refractivity contribution >= 4 is 39.7 Å². The van der Waals surface area contributed by atoms with Crippen LogP contribution in [0.25, 0.3) is 11.1 Å². The number of rotatable bonds is 0. The molecule has 2 aromatic rings. The van der Waals surface area contributed by atoms with Crippen LogP contribution in [0.4, 0.5) is 5.69 Å². The molecule has 2 rings (SSSR count). The van der Waals surface area contributed by atoms with Gasteiger partial charge in [0.2, 0.25) is 0 Å². The van der Waals surface area contributed by atoms with Gasteiger partial charge in [-0.05, 0) is 0 Å². The number of aromatic nitrogens is 1. The highest BCUT2D eigenvalue weighted by atomic mass is 127. The first-order valence-corrected chi connectivity index (χ1v) is 3.75. The smallest absolute Gasteiger partial charge is 0.154 e. The summed E-state index contributed by atoms with van der Waals surface area (Å²) in [7, 11) is 0. The van der Waals surface area contributed by atoms with Crippen LogP contribution in [0.5, 0.6) is 0 Å². The van der Waals surface area contributed by atoms with E-state index in [0.717, 1.165) is 11.1 Å². The van der Waals surface area contributed by atoms with Crippen LogP contribution in [0, 0.1) is 0 Å². The summed E-state index contributed by atoms with van der Waals surface area (Å²) in [6.45, 7) is 0. The number of fused-ring (bicyclic) bond motifs is 1. The second kappa shape index (κ2) is 1.91. The van der Waals surface area contributed by atoms with E-state index in [2.05, 4.69) is 22.9 Å². The lowest BCUT2D eigenvalue weighted by molar-refractivity contribution is 0.618. The van der Waals surface area contributed by atoms with Crippen molar-refractivity contribution in [2.24, 2.45) is 0 Å². The lowest BCUT2D eigenvalue weighted by Gasteiger charge is -1.86. The lowest BCUT2D eigenvalue weighted by atomic mass is 10.4. The topological polar surface area (TPSA) is 44.1 Å². The van der Waals surface area contributed by atoms with Gasteiger partial charge in [0.25, 0.3) is 0 Å². The average Bonchev–Trinajstić information content (AvgIpc) is 2.40. The molecule has 3 nitrogen and oxygen atoms in total. The molecule has 4 heteroatoms. The molecule has 2 heterocycles. The third-order valence-corrected chi connectivity index (χ3v) is 2.19. The minimum atomic E-state index is 0.689. The van der Waals surface area contributed by atoms with E-state index in [1.807, 2.05) is 15.0 Å². The molecule has 10 heavy (non-hydrogen) atoms. The fourth-order valence-electron chi connectivity index (χ4n) is 0.935. The molecule has 0 aliphatic carbocycles. The highest BCUT2D eigenvalue weighted by molar-refractivity contribution is 14.1. The molecule has 0 fully saturated rings. The molecule has 0 bridgehead atoms. The maximum Gasteiger partial charge on any atom is 0.154 e. The Morgan fingerprint density at radius 3 is 3.10 bits per heavy atom. The van der Waals surface area contributed by atoms with Crippen molar-refractivity contribution in [3.05, 3.63) is 18.5 Å². The van der Waals surface area contributed by atoms with Crippen LogP contribution in [0.2, 0.25) is 0 Å². The molecule has 0 aromatic carbocycles. The van der Waals surface area contributed by atoms with Gasteiger partial charge in [-0.25, -0.2) is 0 Å². The zero-order valence-electron chi connectivity index (χ0n) is 5.04. The first-order chi connectivity index (χ1) is 4.79. The van der Waals surface area contributed by atoms with Gasteiger partial charge in [0.15, 0.2) is 5.58 Å². The molecule has 0 aliphatic heterocycles. The monoisotopic (exact) mass is 248 g/mol. The second-order valence-corrected chi connectivity index (χ2v) is 3.07. The van der Waals surface area contributed by atoms with E-state index in [-0.39, 0.29) is 0 Å². The van der Waals surface area contributed by atoms with E-state index in [4.69, 9.17) is 10.2 Å². The Labute approximate surface area is 71.3 Å². The number of anilines is 1. The number of nitrogens with zero attached hydrogens (tertiary/aromatic N) is 1. The predicted octanol–water partition coefficient (Wildman–Crippen LogP) is 2.01. The number of nitrogens with two attached hydrogens (primary N) is 1. The quantitative estimate of drug-likeness (QED) is 0.724. The standard InChI is InChI=1S/C6H5IN2O/c7-9-2-1-5-6(9)4(8)3-10-5/h1-3H,8H2. The normalized spacial score (nSPS) is 10.9. The summed E-state index contributed by atoms with van der Waals surface area (Å²) in [6.07, 6.45) is 3.46. The minimum absolute atomic E-state index is 0.689. The fourth-order valence-corrected chi connectivity index (χ4v) is 1.61. The highest BCUT2D eigenvalue weighted by Crippen LogP contribution is 2.25. The number of hydrogen-bond donors (Lipinski definition) is 1. The van der Waals surface area contributed by atoms with Crippen molar-refractivity contribution in [1.82, 2.24) is 2.78 Å². The van der Waals surface area contributed by atoms with Gasteiger partial charge < -0.3 is 10.2 Å². The number of hydrogen-bond acceptors (Lipinski definition) is 2. The van der Waals surface area contributed by atoms with Gasteiger partial charge in [-0.15, -0.1) is 0 Å². The van der Waals surface area contributed by atoms with E-state index in [9.17, 15) is 0 Å². The van der Waals surface area contributed by atoms with Crippen LogP contribution < -0.4 is 5.73 Å². The molecule has 0 aliphatic rings. The van der Waals surface area contributed by atoms with Gasteiger partial charge in [0.1, 0.15) is 11.8 Å². The third kappa shape index (κ3) is 0.650. The Hall–Kier alpha value is -0.650. The van der Waals surface area contributed by atoms with Gasteiger partial charge in [-0.3, -0.25) is 2.78 Å². The molecule has 2 aromatic heterocycles. The van der Waals surface area contributed by atoms with Gasteiger partial charge in [-0.2, -0.15) is 0 Å². The average molecular weight is 248 g/mol. The first kappa shape index (κ1) is 6.09. The van der Waals surface area contributed by atoms with E-state index in [0.29, 0.717) is 5.69 Å². The second-order valence-electron chi connectivity index (χ2n) is 2.03. The van der Waals surface area contributed by atoms with E-state index >= 15 is 0 Å². The van der Waals surface area contributed by atoms with Crippen LogP contribution >= 0.6 is 22.9 Å². The van der Waals surface area contributed by atoms with Gasteiger partial charge >= 0.3 is 0 Å². The van der Waals surface area contributed by atoms with Crippen molar-refractivity contribution in [2.75, 3.05) is 5.73 Å². The van der Waals surface area contributed by atoms with E-state index < -0.39 is 0 Å². The maximum atomic E-state index is 5.60. The largest absolute Gasteiger partial charge is 0.460 e. The molecule has 2 N–H and O–H groups in total. The molecule has 0 atom stereocenters. The Kier molecular flexibility index (Phi) is 1.17. The van der Waals surface area contributed by atoms with Crippen LogP contribution in [-0.4, -0.2) is 2.78 Å². The SMILES string of the molecule is Nc1coc2ccn(I)c12. The molecule has 0 amide bonds. The number of furan rings is 1. The van der Waals surface area contributed by atoms with Crippen LogP contribution in [-0.2, 0) is 0 Å². The predicted molar refractivity (Wildman–Crippen MR) is 48.0 cm³/mol. The molecule has 0 radical (unpaired) electrons. The summed E-state index contributed by atoms with van der Waals surface area (Å²) < 4.78 is 7.03. The minimum Gasteiger partial charge on any atom is -0.460 e. The number of nitrogen functional groups attached to an aromatic ring is 1. The molecular formula is C6H5IN2O. The van der Waals surface area contributed by atoms with Gasteiger partial charge in [-0.1, -0.05) is 0 Å².